The number of hydrogen-bond donors (Lipinski definition) is 1. The molecule has 0 unspecified atom stereocenters. The zero-order valence-corrected chi connectivity index (χ0v) is 15.1. The Morgan fingerprint density at radius 2 is 1.75 bits per heavy atom. The third kappa shape index (κ3) is 2.79. The number of aryl methyl sites for hydroxylation is 2. The second-order valence-corrected chi connectivity index (χ2v) is 6.37. The Morgan fingerprint density at radius 1 is 1.08 bits per heavy atom. The highest BCUT2D eigenvalue weighted by molar-refractivity contribution is 7.12. The maximum Gasteiger partial charge on any atom is 0.194 e. The summed E-state index contributed by atoms with van der Waals surface area (Å²) < 4.78 is 13.1. The Balaban J connectivity index is 2.10. The number of nitrogens with zero attached hydrogens (tertiary/aromatic N) is 2. The summed E-state index contributed by atoms with van der Waals surface area (Å²) in [6.45, 7) is 4.55. The van der Waals surface area contributed by atoms with Gasteiger partial charge in [0.05, 0.1) is 19.9 Å². The SMILES string of the molecule is COc1cc(-c2csc(-n3c(C)ccc3C)n2)c(OC)cc1CN. The summed E-state index contributed by atoms with van der Waals surface area (Å²) in [7, 11) is 3.29. The zero-order valence-electron chi connectivity index (χ0n) is 14.3. The van der Waals surface area contributed by atoms with E-state index in [1.54, 1.807) is 25.6 Å². The second kappa shape index (κ2) is 6.67. The zero-order chi connectivity index (χ0) is 17.3. The molecule has 0 bridgehead atoms. The van der Waals surface area contributed by atoms with Crippen molar-refractivity contribution >= 4 is 11.3 Å². The first-order valence-electron chi connectivity index (χ1n) is 7.65. The number of methoxy groups -OCH3 is 2. The van der Waals surface area contributed by atoms with E-state index in [1.165, 1.54) is 0 Å². The molecule has 6 heteroatoms. The van der Waals surface area contributed by atoms with Crippen LogP contribution in [0.4, 0.5) is 0 Å². The maximum atomic E-state index is 5.79. The molecule has 0 saturated carbocycles. The van der Waals surface area contributed by atoms with Crippen molar-refractivity contribution in [3.63, 3.8) is 0 Å². The van der Waals surface area contributed by atoms with Gasteiger partial charge in [-0.2, -0.15) is 0 Å². The lowest BCUT2D eigenvalue weighted by molar-refractivity contribution is 0.400. The van der Waals surface area contributed by atoms with E-state index in [1.807, 2.05) is 17.5 Å². The molecule has 0 radical (unpaired) electrons. The van der Waals surface area contributed by atoms with Crippen molar-refractivity contribution < 1.29 is 9.47 Å². The van der Waals surface area contributed by atoms with E-state index < -0.39 is 0 Å². The first kappa shape index (κ1) is 16.5. The van der Waals surface area contributed by atoms with Crippen LogP contribution in [0.25, 0.3) is 16.4 Å². The van der Waals surface area contributed by atoms with E-state index in [-0.39, 0.29) is 0 Å². The highest BCUT2D eigenvalue weighted by Crippen LogP contribution is 2.37. The van der Waals surface area contributed by atoms with Gasteiger partial charge in [0.1, 0.15) is 11.5 Å². The number of ether oxygens (including phenoxy) is 2. The van der Waals surface area contributed by atoms with Crippen LogP contribution < -0.4 is 15.2 Å². The largest absolute Gasteiger partial charge is 0.496 e. The van der Waals surface area contributed by atoms with Crippen molar-refractivity contribution in [2.45, 2.75) is 20.4 Å². The Bertz CT molecular complexity index is 848. The number of hydrogen-bond acceptors (Lipinski definition) is 5. The van der Waals surface area contributed by atoms with Gasteiger partial charge in [-0.1, -0.05) is 0 Å². The van der Waals surface area contributed by atoms with Gasteiger partial charge in [-0.3, -0.25) is 4.57 Å². The predicted molar refractivity (Wildman–Crippen MR) is 97.3 cm³/mol. The molecule has 126 valence electrons. The predicted octanol–water partition coefficient (Wildman–Crippen LogP) is 3.69. The average Bonchev–Trinajstić information content (AvgIpc) is 3.20. The van der Waals surface area contributed by atoms with Gasteiger partial charge in [-0.25, -0.2) is 4.98 Å². The molecule has 0 atom stereocenters. The van der Waals surface area contributed by atoms with E-state index >= 15 is 0 Å². The van der Waals surface area contributed by atoms with Crippen LogP contribution in [0.2, 0.25) is 0 Å². The molecule has 0 aliphatic carbocycles. The van der Waals surface area contributed by atoms with Crippen molar-refractivity contribution in [2.75, 3.05) is 14.2 Å². The van der Waals surface area contributed by atoms with Gasteiger partial charge in [-0.05, 0) is 38.1 Å². The van der Waals surface area contributed by atoms with Crippen LogP contribution in [-0.4, -0.2) is 23.8 Å². The van der Waals surface area contributed by atoms with Gasteiger partial charge in [0.15, 0.2) is 5.13 Å². The number of nitrogens with two attached hydrogens (primary N) is 1. The Kier molecular flexibility index (Phi) is 4.59. The van der Waals surface area contributed by atoms with Crippen LogP contribution in [0, 0.1) is 13.8 Å². The standard InChI is InChI=1S/C18H21N3O2S/c1-11-5-6-12(2)21(11)18-20-15(10-24-18)14-8-16(22-3)13(9-19)7-17(14)23-4/h5-8,10H,9,19H2,1-4H3. The maximum absolute atomic E-state index is 5.79. The van der Waals surface area contributed by atoms with Crippen LogP contribution in [0.1, 0.15) is 17.0 Å². The molecule has 24 heavy (non-hydrogen) atoms. The fraction of sp³-hybridized carbons (Fsp3) is 0.278. The smallest absolute Gasteiger partial charge is 0.194 e. The van der Waals surface area contributed by atoms with E-state index in [4.69, 9.17) is 20.2 Å². The summed E-state index contributed by atoms with van der Waals surface area (Å²) in [4.78, 5) is 4.80. The van der Waals surface area contributed by atoms with Crippen molar-refractivity contribution in [3.8, 4) is 27.9 Å². The quantitative estimate of drug-likeness (QED) is 0.767. The van der Waals surface area contributed by atoms with E-state index in [0.717, 1.165) is 44.8 Å². The normalized spacial score (nSPS) is 10.9. The number of benzene rings is 1. The van der Waals surface area contributed by atoms with Crippen LogP contribution in [0.5, 0.6) is 11.5 Å². The summed E-state index contributed by atoms with van der Waals surface area (Å²) in [5, 5.41) is 2.97. The second-order valence-electron chi connectivity index (χ2n) is 5.54. The molecular formula is C18H21N3O2S. The Hall–Kier alpha value is -2.31. The number of aromatic nitrogens is 2. The van der Waals surface area contributed by atoms with Gasteiger partial charge in [-0.15, -0.1) is 11.3 Å². The number of rotatable bonds is 5. The molecule has 1 aromatic carbocycles. The summed E-state index contributed by atoms with van der Waals surface area (Å²) >= 11 is 1.60. The van der Waals surface area contributed by atoms with Crippen LogP contribution in [0.3, 0.4) is 0 Å². The third-order valence-electron chi connectivity index (χ3n) is 4.05. The van der Waals surface area contributed by atoms with Crippen molar-refractivity contribution in [1.29, 1.82) is 0 Å². The van der Waals surface area contributed by atoms with Crippen LogP contribution in [-0.2, 0) is 6.54 Å². The van der Waals surface area contributed by atoms with E-state index in [2.05, 4.69) is 30.5 Å². The molecular weight excluding hydrogens is 322 g/mol. The molecule has 0 fully saturated rings. The van der Waals surface area contributed by atoms with E-state index in [9.17, 15) is 0 Å². The molecule has 2 N–H and O–H groups in total. The first-order chi connectivity index (χ1) is 11.6. The lowest BCUT2D eigenvalue weighted by Crippen LogP contribution is -2.02. The average molecular weight is 343 g/mol. The van der Waals surface area contributed by atoms with Gasteiger partial charge in [0.2, 0.25) is 0 Å². The fourth-order valence-corrected chi connectivity index (χ4v) is 3.72. The summed E-state index contributed by atoms with van der Waals surface area (Å²) in [6, 6.07) is 8.04. The summed E-state index contributed by atoms with van der Waals surface area (Å²) in [6.07, 6.45) is 0. The lowest BCUT2D eigenvalue weighted by atomic mass is 10.1. The Morgan fingerprint density at radius 3 is 2.33 bits per heavy atom. The molecule has 5 nitrogen and oxygen atoms in total. The van der Waals surface area contributed by atoms with Crippen molar-refractivity contribution in [2.24, 2.45) is 5.73 Å². The minimum atomic E-state index is 0.393. The molecule has 2 aromatic heterocycles. The minimum Gasteiger partial charge on any atom is -0.496 e. The Labute approximate surface area is 145 Å². The first-order valence-corrected chi connectivity index (χ1v) is 8.53. The van der Waals surface area contributed by atoms with E-state index in [0.29, 0.717) is 6.54 Å². The fourth-order valence-electron chi connectivity index (χ4n) is 2.78. The molecule has 0 spiro atoms. The summed E-state index contributed by atoms with van der Waals surface area (Å²) in [5.41, 5.74) is 10.8. The minimum absolute atomic E-state index is 0.393. The molecule has 0 aliphatic rings. The lowest BCUT2D eigenvalue weighted by Gasteiger charge is -2.13. The van der Waals surface area contributed by atoms with Gasteiger partial charge >= 0.3 is 0 Å². The summed E-state index contributed by atoms with van der Waals surface area (Å²) in [5.74, 6) is 1.49. The van der Waals surface area contributed by atoms with Gasteiger partial charge in [0.25, 0.3) is 0 Å². The monoisotopic (exact) mass is 343 g/mol. The molecule has 0 aliphatic heterocycles. The van der Waals surface area contributed by atoms with Crippen LogP contribution >= 0.6 is 11.3 Å². The molecule has 3 rings (SSSR count). The molecule has 2 heterocycles. The highest BCUT2D eigenvalue weighted by atomic mass is 32.1. The third-order valence-corrected chi connectivity index (χ3v) is 4.88. The molecule has 3 aromatic rings. The van der Waals surface area contributed by atoms with Crippen LogP contribution in [0.15, 0.2) is 29.6 Å². The highest BCUT2D eigenvalue weighted by Gasteiger charge is 2.16. The molecule has 0 amide bonds. The molecule has 0 saturated heterocycles. The number of thiazole rings is 1. The van der Waals surface area contributed by atoms with Gasteiger partial charge < -0.3 is 15.2 Å². The van der Waals surface area contributed by atoms with Crippen molar-refractivity contribution in [1.82, 2.24) is 9.55 Å². The van der Waals surface area contributed by atoms with Gasteiger partial charge in [0, 0.05) is 34.4 Å². The van der Waals surface area contributed by atoms with Crippen molar-refractivity contribution in [3.05, 3.63) is 46.6 Å². The topological polar surface area (TPSA) is 62.3 Å².